The van der Waals surface area contributed by atoms with Crippen LogP contribution in [0.5, 0.6) is 0 Å². The summed E-state index contributed by atoms with van der Waals surface area (Å²) in [6, 6.07) is 12.5. The Morgan fingerprint density at radius 1 is 1.16 bits per heavy atom. The average molecular weight is 395 g/mol. The zero-order valence-electron chi connectivity index (χ0n) is 13.2. The molecule has 0 fully saturated rings. The number of furan rings is 1. The highest BCUT2D eigenvalue weighted by molar-refractivity contribution is 7.09. The fourth-order valence-electron chi connectivity index (χ4n) is 2.32. The zero-order chi connectivity index (χ0) is 17.6. The van der Waals surface area contributed by atoms with E-state index in [9.17, 15) is 4.79 Å². The monoisotopic (exact) mass is 394 g/mol. The van der Waals surface area contributed by atoms with Crippen LogP contribution in [0.3, 0.4) is 0 Å². The first-order valence-electron chi connectivity index (χ1n) is 7.67. The van der Waals surface area contributed by atoms with Gasteiger partial charge in [0.2, 0.25) is 0 Å². The fraction of sp³-hybridized carbons (Fsp3) is 0.167. The van der Waals surface area contributed by atoms with Crippen molar-refractivity contribution in [1.82, 2.24) is 4.90 Å². The van der Waals surface area contributed by atoms with E-state index in [-0.39, 0.29) is 6.03 Å². The number of hydrogen-bond acceptors (Lipinski definition) is 3. The third kappa shape index (κ3) is 5.01. The quantitative estimate of drug-likeness (QED) is 0.563. The van der Waals surface area contributed by atoms with Crippen LogP contribution in [-0.4, -0.2) is 17.5 Å². The molecule has 0 saturated carbocycles. The molecule has 0 bridgehead atoms. The predicted octanol–water partition coefficient (Wildman–Crippen LogP) is 5.92. The van der Waals surface area contributed by atoms with Gasteiger partial charge in [-0.15, -0.1) is 11.3 Å². The summed E-state index contributed by atoms with van der Waals surface area (Å²) in [5.74, 6) is 0.732. The molecule has 1 N–H and O–H groups in total. The number of amides is 2. The largest absolute Gasteiger partial charge is 0.467 e. The minimum absolute atomic E-state index is 0.216. The highest BCUT2D eigenvalue weighted by Crippen LogP contribution is 2.25. The minimum Gasteiger partial charge on any atom is -0.467 e. The summed E-state index contributed by atoms with van der Waals surface area (Å²) in [6.45, 7) is 0.972. The summed E-state index contributed by atoms with van der Waals surface area (Å²) in [5, 5.41) is 5.74. The van der Waals surface area contributed by atoms with E-state index in [4.69, 9.17) is 27.6 Å². The van der Waals surface area contributed by atoms with Crippen LogP contribution in [0.25, 0.3) is 0 Å². The summed E-state index contributed by atoms with van der Waals surface area (Å²) in [5.41, 5.74) is 0.597. The lowest BCUT2D eigenvalue weighted by Crippen LogP contribution is -2.35. The molecule has 2 aromatic heterocycles. The fourth-order valence-corrected chi connectivity index (χ4v) is 3.32. The van der Waals surface area contributed by atoms with Gasteiger partial charge in [-0.25, -0.2) is 4.79 Å². The van der Waals surface area contributed by atoms with E-state index in [0.29, 0.717) is 28.8 Å². The molecule has 0 spiro atoms. The van der Waals surface area contributed by atoms with Gasteiger partial charge in [-0.3, -0.25) is 0 Å². The summed E-state index contributed by atoms with van der Waals surface area (Å²) >= 11 is 13.6. The van der Waals surface area contributed by atoms with Crippen LogP contribution in [0.1, 0.15) is 10.6 Å². The van der Waals surface area contributed by atoms with Crippen molar-refractivity contribution in [3.8, 4) is 0 Å². The van der Waals surface area contributed by atoms with Gasteiger partial charge in [-0.2, -0.15) is 0 Å². The lowest BCUT2D eigenvalue weighted by molar-refractivity contribution is 0.205. The number of benzene rings is 1. The van der Waals surface area contributed by atoms with E-state index in [1.165, 1.54) is 4.88 Å². The number of rotatable bonds is 6. The van der Waals surface area contributed by atoms with E-state index in [1.54, 1.807) is 40.7 Å². The number of anilines is 1. The SMILES string of the molecule is O=C(Nc1ccc(Cl)c(Cl)c1)N(CCc1cccs1)Cc1ccco1. The second-order valence-corrected chi connectivity index (χ2v) is 7.24. The summed E-state index contributed by atoms with van der Waals surface area (Å²) in [4.78, 5) is 15.6. The molecule has 0 saturated heterocycles. The summed E-state index contributed by atoms with van der Waals surface area (Å²) < 4.78 is 5.38. The smallest absolute Gasteiger partial charge is 0.322 e. The van der Waals surface area contributed by atoms with Crippen LogP contribution in [0.15, 0.2) is 58.5 Å². The van der Waals surface area contributed by atoms with Crippen molar-refractivity contribution in [2.45, 2.75) is 13.0 Å². The molecular formula is C18H16Cl2N2O2S. The van der Waals surface area contributed by atoms with Gasteiger partial charge < -0.3 is 14.6 Å². The molecule has 0 aliphatic heterocycles. The Kier molecular flexibility index (Phi) is 6.02. The Morgan fingerprint density at radius 2 is 2.04 bits per heavy atom. The van der Waals surface area contributed by atoms with Crippen LogP contribution >= 0.6 is 34.5 Å². The van der Waals surface area contributed by atoms with Gasteiger partial charge in [0, 0.05) is 17.1 Å². The van der Waals surface area contributed by atoms with Crippen molar-refractivity contribution in [1.29, 1.82) is 0 Å². The molecule has 4 nitrogen and oxygen atoms in total. The van der Waals surface area contributed by atoms with Crippen LogP contribution < -0.4 is 5.32 Å². The van der Waals surface area contributed by atoms with Crippen LogP contribution in [0, 0.1) is 0 Å². The molecular weight excluding hydrogens is 379 g/mol. The Morgan fingerprint density at radius 3 is 2.72 bits per heavy atom. The molecule has 25 heavy (non-hydrogen) atoms. The van der Waals surface area contributed by atoms with Gasteiger partial charge in [-0.1, -0.05) is 29.3 Å². The van der Waals surface area contributed by atoms with Gasteiger partial charge >= 0.3 is 6.03 Å². The third-order valence-corrected chi connectivity index (χ3v) is 5.27. The lowest BCUT2D eigenvalue weighted by atomic mass is 10.3. The van der Waals surface area contributed by atoms with E-state index < -0.39 is 0 Å². The van der Waals surface area contributed by atoms with Crippen molar-refractivity contribution in [2.24, 2.45) is 0 Å². The highest BCUT2D eigenvalue weighted by Gasteiger charge is 2.16. The number of nitrogens with one attached hydrogen (secondary N) is 1. The molecule has 2 amide bonds. The minimum atomic E-state index is -0.216. The van der Waals surface area contributed by atoms with E-state index >= 15 is 0 Å². The number of carbonyl (C=O) groups is 1. The van der Waals surface area contributed by atoms with Crippen LogP contribution in [0.2, 0.25) is 10.0 Å². The van der Waals surface area contributed by atoms with Crippen molar-refractivity contribution >= 4 is 46.3 Å². The first kappa shape index (κ1) is 17.9. The number of urea groups is 1. The maximum atomic E-state index is 12.7. The molecule has 3 rings (SSSR count). The van der Waals surface area contributed by atoms with Crippen molar-refractivity contribution < 1.29 is 9.21 Å². The molecule has 130 valence electrons. The summed E-state index contributed by atoms with van der Waals surface area (Å²) in [6.07, 6.45) is 2.39. The number of carbonyl (C=O) groups excluding carboxylic acids is 1. The molecule has 0 aliphatic carbocycles. The molecule has 2 heterocycles. The number of halogens is 2. The topological polar surface area (TPSA) is 45.5 Å². The summed E-state index contributed by atoms with van der Waals surface area (Å²) in [7, 11) is 0. The van der Waals surface area contributed by atoms with Gasteiger partial charge in [0.05, 0.1) is 22.9 Å². The van der Waals surface area contributed by atoms with E-state index in [0.717, 1.165) is 12.2 Å². The van der Waals surface area contributed by atoms with Gasteiger partial charge in [0.15, 0.2) is 0 Å². The number of hydrogen-bond donors (Lipinski definition) is 1. The normalized spacial score (nSPS) is 10.6. The van der Waals surface area contributed by atoms with Crippen molar-refractivity contribution in [3.05, 3.63) is 74.8 Å². The Hall–Kier alpha value is -1.95. The van der Waals surface area contributed by atoms with Gasteiger partial charge in [0.25, 0.3) is 0 Å². The van der Waals surface area contributed by atoms with Crippen molar-refractivity contribution in [3.63, 3.8) is 0 Å². The van der Waals surface area contributed by atoms with E-state index in [2.05, 4.69) is 11.4 Å². The van der Waals surface area contributed by atoms with Crippen LogP contribution in [-0.2, 0) is 13.0 Å². The Bertz CT molecular complexity index is 820. The van der Waals surface area contributed by atoms with Crippen molar-refractivity contribution in [2.75, 3.05) is 11.9 Å². The molecule has 0 atom stereocenters. The molecule has 0 unspecified atom stereocenters. The first-order chi connectivity index (χ1) is 12.1. The maximum Gasteiger partial charge on any atom is 0.322 e. The maximum absolute atomic E-state index is 12.7. The predicted molar refractivity (Wildman–Crippen MR) is 103 cm³/mol. The standard InChI is InChI=1S/C18H16Cl2N2O2S/c19-16-6-5-13(11-17(16)20)21-18(23)22(12-14-3-1-9-24-14)8-7-15-4-2-10-25-15/h1-6,9-11H,7-8,12H2,(H,21,23). The third-order valence-electron chi connectivity index (χ3n) is 3.59. The Balaban J connectivity index is 1.69. The molecule has 1 aromatic carbocycles. The zero-order valence-corrected chi connectivity index (χ0v) is 15.6. The van der Waals surface area contributed by atoms with Crippen LogP contribution in [0.4, 0.5) is 10.5 Å². The molecule has 7 heteroatoms. The second-order valence-electron chi connectivity index (χ2n) is 5.39. The highest BCUT2D eigenvalue weighted by atomic mass is 35.5. The average Bonchev–Trinajstić information content (AvgIpc) is 3.28. The lowest BCUT2D eigenvalue weighted by Gasteiger charge is -2.22. The van der Waals surface area contributed by atoms with Gasteiger partial charge in [0.1, 0.15) is 5.76 Å². The molecule has 0 radical (unpaired) electrons. The van der Waals surface area contributed by atoms with Gasteiger partial charge in [-0.05, 0) is 48.2 Å². The second kappa shape index (κ2) is 8.43. The number of thiophene rings is 1. The first-order valence-corrected chi connectivity index (χ1v) is 9.31. The molecule has 0 aliphatic rings. The van der Waals surface area contributed by atoms with E-state index in [1.807, 2.05) is 23.6 Å². The number of nitrogens with zero attached hydrogens (tertiary/aromatic N) is 1. The Labute approximate surface area is 160 Å². The molecule has 3 aromatic rings.